The highest BCUT2D eigenvalue weighted by Crippen LogP contribution is 2.03. The van der Waals surface area contributed by atoms with Gasteiger partial charge in [-0.2, -0.15) is 0 Å². The topological polar surface area (TPSA) is 21.3 Å². The Morgan fingerprint density at radius 1 is 1.58 bits per heavy atom. The summed E-state index contributed by atoms with van der Waals surface area (Å²) in [5.41, 5.74) is 1.40. The summed E-state index contributed by atoms with van der Waals surface area (Å²) in [4.78, 5) is 0. The van der Waals surface area contributed by atoms with Gasteiger partial charge in [0, 0.05) is 6.54 Å². The second-order valence-electron chi connectivity index (χ2n) is 3.73. The molecule has 0 unspecified atom stereocenters. The van der Waals surface area contributed by atoms with Crippen molar-refractivity contribution >= 4 is 0 Å². The van der Waals surface area contributed by atoms with Crippen molar-refractivity contribution in [2.24, 2.45) is 5.92 Å². The van der Waals surface area contributed by atoms with Crippen LogP contribution in [0.3, 0.4) is 0 Å². The smallest absolute Gasteiger partial charge is 0.0689 e. The molecule has 2 heteroatoms. The predicted molar refractivity (Wildman–Crippen MR) is 51.2 cm³/mol. The molecule has 12 heavy (non-hydrogen) atoms. The van der Waals surface area contributed by atoms with Gasteiger partial charge in [-0.3, -0.25) is 0 Å². The van der Waals surface area contributed by atoms with Crippen molar-refractivity contribution in [3.63, 3.8) is 0 Å². The summed E-state index contributed by atoms with van der Waals surface area (Å²) in [5, 5.41) is 3.41. The fraction of sp³-hybridized carbons (Fsp3) is 0.800. The van der Waals surface area contributed by atoms with E-state index < -0.39 is 0 Å². The molecule has 0 aromatic rings. The van der Waals surface area contributed by atoms with E-state index >= 15 is 0 Å². The molecule has 0 fully saturated rings. The molecule has 1 aliphatic rings. The van der Waals surface area contributed by atoms with Crippen LogP contribution in [-0.4, -0.2) is 26.3 Å². The lowest BCUT2D eigenvalue weighted by molar-refractivity contribution is 0.148. The van der Waals surface area contributed by atoms with E-state index in [-0.39, 0.29) is 0 Å². The molecule has 1 aliphatic heterocycles. The first-order valence-corrected chi connectivity index (χ1v) is 4.75. The van der Waals surface area contributed by atoms with Crippen LogP contribution in [0.25, 0.3) is 0 Å². The highest BCUT2D eigenvalue weighted by Gasteiger charge is 2.02. The Balaban J connectivity index is 2.09. The van der Waals surface area contributed by atoms with Crippen molar-refractivity contribution in [1.82, 2.24) is 5.32 Å². The number of ether oxygens (including phenoxy) is 1. The molecule has 0 bridgehead atoms. The first-order chi connectivity index (χ1) is 5.79. The molecular formula is C10H19NO. The SMILES string of the molecule is CC(C)CNCC1=CCCOC1. The Labute approximate surface area is 75.0 Å². The maximum Gasteiger partial charge on any atom is 0.0689 e. The molecule has 0 aromatic heterocycles. The summed E-state index contributed by atoms with van der Waals surface area (Å²) in [5.74, 6) is 0.732. The molecule has 0 aliphatic carbocycles. The van der Waals surface area contributed by atoms with Crippen LogP contribution in [0.5, 0.6) is 0 Å². The summed E-state index contributed by atoms with van der Waals surface area (Å²) in [7, 11) is 0. The van der Waals surface area contributed by atoms with Crippen LogP contribution in [0.15, 0.2) is 11.6 Å². The van der Waals surface area contributed by atoms with Crippen LogP contribution in [0, 0.1) is 5.92 Å². The number of nitrogens with one attached hydrogen (secondary N) is 1. The average molecular weight is 169 g/mol. The maximum atomic E-state index is 5.33. The molecule has 2 nitrogen and oxygen atoms in total. The van der Waals surface area contributed by atoms with Crippen molar-refractivity contribution in [2.75, 3.05) is 26.3 Å². The summed E-state index contributed by atoms with van der Waals surface area (Å²) >= 11 is 0. The van der Waals surface area contributed by atoms with Gasteiger partial charge in [-0.15, -0.1) is 0 Å². The summed E-state index contributed by atoms with van der Waals surface area (Å²) in [6, 6.07) is 0. The fourth-order valence-corrected chi connectivity index (χ4v) is 1.25. The van der Waals surface area contributed by atoms with Gasteiger partial charge in [-0.25, -0.2) is 0 Å². The minimum Gasteiger partial charge on any atom is -0.377 e. The van der Waals surface area contributed by atoms with Gasteiger partial charge in [-0.1, -0.05) is 19.9 Å². The Bertz CT molecular complexity index is 152. The van der Waals surface area contributed by atoms with E-state index in [0.29, 0.717) is 0 Å². The van der Waals surface area contributed by atoms with E-state index in [0.717, 1.165) is 38.6 Å². The summed E-state index contributed by atoms with van der Waals surface area (Å²) < 4.78 is 5.33. The zero-order valence-corrected chi connectivity index (χ0v) is 8.10. The van der Waals surface area contributed by atoms with E-state index in [2.05, 4.69) is 25.2 Å². The first kappa shape index (κ1) is 9.75. The molecule has 70 valence electrons. The summed E-state index contributed by atoms with van der Waals surface area (Å²) in [6.07, 6.45) is 3.37. The van der Waals surface area contributed by atoms with Crippen molar-refractivity contribution in [3.8, 4) is 0 Å². The van der Waals surface area contributed by atoms with Crippen LogP contribution in [0.2, 0.25) is 0 Å². The normalized spacial score (nSPS) is 18.1. The number of hydrogen-bond donors (Lipinski definition) is 1. The van der Waals surface area contributed by atoms with Crippen molar-refractivity contribution in [3.05, 3.63) is 11.6 Å². The Kier molecular flexibility index (Phi) is 4.33. The minimum absolute atomic E-state index is 0.732. The molecule has 1 rings (SSSR count). The third-order valence-corrected chi connectivity index (χ3v) is 1.89. The Morgan fingerprint density at radius 2 is 2.42 bits per heavy atom. The Morgan fingerprint density at radius 3 is 3.00 bits per heavy atom. The lowest BCUT2D eigenvalue weighted by atomic mass is 10.2. The second kappa shape index (κ2) is 5.33. The minimum atomic E-state index is 0.732. The second-order valence-corrected chi connectivity index (χ2v) is 3.73. The van der Waals surface area contributed by atoms with Gasteiger partial charge in [0.25, 0.3) is 0 Å². The quantitative estimate of drug-likeness (QED) is 0.645. The standard InChI is InChI=1S/C10H19NO/c1-9(2)6-11-7-10-4-3-5-12-8-10/h4,9,11H,3,5-8H2,1-2H3. The molecule has 0 radical (unpaired) electrons. The predicted octanol–water partition coefficient (Wildman–Crippen LogP) is 1.58. The lowest BCUT2D eigenvalue weighted by Crippen LogP contribution is -2.24. The Hall–Kier alpha value is -0.340. The molecule has 1 N–H and O–H groups in total. The molecule has 1 heterocycles. The van der Waals surface area contributed by atoms with Crippen LogP contribution >= 0.6 is 0 Å². The fourth-order valence-electron chi connectivity index (χ4n) is 1.25. The van der Waals surface area contributed by atoms with Crippen molar-refractivity contribution in [2.45, 2.75) is 20.3 Å². The van der Waals surface area contributed by atoms with Crippen LogP contribution < -0.4 is 5.32 Å². The lowest BCUT2D eigenvalue weighted by Gasteiger charge is -2.14. The average Bonchev–Trinajstić information content (AvgIpc) is 2.05. The molecule has 0 atom stereocenters. The van der Waals surface area contributed by atoms with E-state index in [1.165, 1.54) is 5.57 Å². The van der Waals surface area contributed by atoms with Crippen molar-refractivity contribution in [1.29, 1.82) is 0 Å². The highest BCUT2D eigenvalue weighted by molar-refractivity contribution is 5.06. The molecule has 0 amide bonds. The zero-order valence-electron chi connectivity index (χ0n) is 8.10. The van der Waals surface area contributed by atoms with Crippen molar-refractivity contribution < 1.29 is 4.74 Å². The maximum absolute atomic E-state index is 5.33. The highest BCUT2D eigenvalue weighted by atomic mass is 16.5. The number of rotatable bonds is 4. The van der Waals surface area contributed by atoms with Crippen LogP contribution in [0.1, 0.15) is 20.3 Å². The van der Waals surface area contributed by atoms with Gasteiger partial charge in [0.05, 0.1) is 13.2 Å². The van der Waals surface area contributed by atoms with Crippen LogP contribution in [0.4, 0.5) is 0 Å². The molecule has 0 saturated heterocycles. The van der Waals surface area contributed by atoms with E-state index in [1.54, 1.807) is 0 Å². The van der Waals surface area contributed by atoms with E-state index in [1.807, 2.05) is 0 Å². The van der Waals surface area contributed by atoms with E-state index in [9.17, 15) is 0 Å². The largest absolute Gasteiger partial charge is 0.377 e. The molecule has 0 aromatic carbocycles. The third-order valence-electron chi connectivity index (χ3n) is 1.89. The van der Waals surface area contributed by atoms with Gasteiger partial charge in [0.1, 0.15) is 0 Å². The molecule has 0 spiro atoms. The van der Waals surface area contributed by atoms with Gasteiger partial charge in [-0.05, 0) is 24.5 Å². The monoisotopic (exact) mass is 169 g/mol. The molecule has 0 saturated carbocycles. The third kappa shape index (κ3) is 3.88. The van der Waals surface area contributed by atoms with E-state index in [4.69, 9.17) is 4.74 Å². The van der Waals surface area contributed by atoms with Gasteiger partial charge in [0.15, 0.2) is 0 Å². The van der Waals surface area contributed by atoms with Crippen LogP contribution in [-0.2, 0) is 4.74 Å². The van der Waals surface area contributed by atoms with Gasteiger partial charge < -0.3 is 10.1 Å². The zero-order chi connectivity index (χ0) is 8.81. The summed E-state index contributed by atoms with van der Waals surface area (Å²) in [6.45, 7) is 8.26. The first-order valence-electron chi connectivity index (χ1n) is 4.75. The van der Waals surface area contributed by atoms with Gasteiger partial charge in [0.2, 0.25) is 0 Å². The number of hydrogen-bond acceptors (Lipinski definition) is 2. The van der Waals surface area contributed by atoms with Gasteiger partial charge >= 0.3 is 0 Å². The molecular weight excluding hydrogens is 150 g/mol.